The zero-order valence-electron chi connectivity index (χ0n) is 12.0. The van der Waals surface area contributed by atoms with Crippen molar-refractivity contribution in [2.45, 2.75) is 6.92 Å². The van der Waals surface area contributed by atoms with Crippen molar-refractivity contribution < 1.29 is 14.7 Å². The number of H-pyrrole nitrogens is 1. The molecule has 0 fully saturated rings. The standard InChI is InChI=1S/C16H12N2O4S/c1-7-2-4-8(5-3-7)12(19)13-11(17)9-6-10(16(21)22)14(20)18-15(9)23-13/h2-6H,17H2,1H3,(H,18,20)(H,21,22)/p-1. The van der Waals surface area contributed by atoms with Gasteiger partial charge in [-0.25, -0.2) is 0 Å². The highest BCUT2D eigenvalue weighted by molar-refractivity contribution is 7.21. The van der Waals surface area contributed by atoms with Crippen LogP contribution in [0.25, 0.3) is 10.2 Å². The van der Waals surface area contributed by atoms with Gasteiger partial charge in [-0.05, 0) is 13.0 Å². The second-order valence-electron chi connectivity index (χ2n) is 5.08. The topological polar surface area (TPSA) is 116 Å². The molecule has 0 unspecified atom stereocenters. The molecule has 0 aliphatic heterocycles. The number of rotatable bonds is 3. The normalized spacial score (nSPS) is 10.8. The highest BCUT2D eigenvalue weighted by Crippen LogP contribution is 2.33. The molecule has 0 radical (unpaired) electrons. The van der Waals surface area contributed by atoms with Crippen LogP contribution < -0.4 is 16.4 Å². The number of fused-ring (bicyclic) bond motifs is 1. The van der Waals surface area contributed by atoms with Crippen LogP contribution in [0.2, 0.25) is 0 Å². The number of carbonyl (C=O) groups is 2. The fourth-order valence-electron chi connectivity index (χ4n) is 2.23. The Morgan fingerprint density at radius 2 is 1.87 bits per heavy atom. The number of aromatic nitrogens is 1. The summed E-state index contributed by atoms with van der Waals surface area (Å²) in [7, 11) is 0. The van der Waals surface area contributed by atoms with Crippen LogP contribution in [0.1, 0.15) is 31.2 Å². The number of carbonyl (C=O) groups excluding carboxylic acids is 2. The minimum Gasteiger partial charge on any atom is -0.545 e. The van der Waals surface area contributed by atoms with Crippen LogP contribution in [0.3, 0.4) is 0 Å². The second-order valence-corrected chi connectivity index (χ2v) is 6.10. The van der Waals surface area contributed by atoms with Gasteiger partial charge in [-0.15, -0.1) is 11.3 Å². The Labute approximate surface area is 134 Å². The molecule has 0 spiro atoms. The Hall–Kier alpha value is -2.93. The first kappa shape index (κ1) is 15.0. The first-order valence-corrected chi connectivity index (χ1v) is 7.48. The van der Waals surface area contributed by atoms with E-state index in [4.69, 9.17) is 5.73 Å². The Balaban J connectivity index is 2.17. The van der Waals surface area contributed by atoms with Gasteiger partial charge in [0.05, 0.1) is 17.2 Å². The molecule has 116 valence electrons. The lowest BCUT2D eigenvalue weighted by Crippen LogP contribution is -2.29. The molecule has 0 aliphatic rings. The Morgan fingerprint density at radius 1 is 1.22 bits per heavy atom. The Kier molecular flexibility index (Phi) is 3.49. The van der Waals surface area contributed by atoms with E-state index in [1.54, 1.807) is 12.1 Å². The molecular formula is C16H11N2O4S-. The van der Waals surface area contributed by atoms with E-state index in [9.17, 15) is 19.5 Å². The number of anilines is 1. The monoisotopic (exact) mass is 327 g/mol. The summed E-state index contributed by atoms with van der Waals surface area (Å²) in [5.74, 6) is -1.87. The lowest BCUT2D eigenvalue weighted by atomic mass is 10.1. The van der Waals surface area contributed by atoms with E-state index >= 15 is 0 Å². The highest BCUT2D eigenvalue weighted by atomic mass is 32.1. The number of nitrogens with two attached hydrogens (primary N) is 1. The van der Waals surface area contributed by atoms with Crippen molar-refractivity contribution in [3.05, 3.63) is 62.3 Å². The van der Waals surface area contributed by atoms with Gasteiger partial charge in [-0.2, -0.15) is 0 Å². The summed E-state index contributed by atoms with van der Waals surface area (Å²) in [6.45, 7) is 1.91. The zero-order chi connectivity index (χ0) is 16.7. The number of benzene rings is 1. The molecule has 0 atom stereocenters. The highest BCUT2D eigenvalue weighted by Gasteiger charge is 2.19. The van der Waals surface area contributed by atoms with E-state index in [2.05, 4.69) is 4.98 Å². The van der Waals surface area contributed by atoms with E-state index in [1.807, 2.05) is 19.1 Å². The lowest BCUT2D eigenvalue weighted by molar-refractivity contribution is -0.255. The molecule has 0 aliphatic carbocycles. The smallest absolute Gasteiger partial charge is 0.258 e. The van der Waals surface area contributed by atoms with Gasteiger partial charge in [-0.1, -0.05) is 29.8 Å². The number of hydrogen-bond donors (Lipinski definition) is 2. The zero-order valence-corrected chi connectivity index (χ0v) is 12.8. The molecule has 23 heavy (non-hydrogen) atoms. The van der Waals surface area contributed by atoms with Crippen molar-refractivity contribution in [3.8, 4) is 0 Å². The predicted octanol–water partition coefficient (Wildman–Crippen LogP) is 1.07. The minimum absolute atomic E-state index is 0.148. The number of pyridine rings is 1. The lowest BCUT2D eigenvalue weighted by Gasteiger charge is -2.02. The van der Waals surface area contributed by atoms with E-state index in [-0.39, 0.29) is 16.3 Å². The summed E-state index contributed by atoms with van der Waals surface area (Å²) in [5.41, 5.74) is 6.32. The Morgan fingerprint density at radius 3 is 2.48 bits per heavy atom. The van der Waals surface area contributed by atoms with Crippen LogP contribution in [0.15, 0.2) is 35.1 Å². The molecular weight excluding hydrogens is 316 g/mol. The maximum atomic E-state index is 12.6. The average Bonchev–Trinajstić information content (AvgIpc) is 2.82. The van der Waals surface area contributed by atoms with Crippen LogP contribution in [0.5, 0.6) is 0 Å². The first-order valence-electron chi connectivity index (χ1n) is 6.66. The van der Waals surface area contributed by atoms with Crippen LogP contribution in [-0.4, -0.2) is 16.7 Å². The molecule has 7 heteroatoms. The molecule has 3 rings (SSSR count). The maximum absolute atomic E-state index is 12.6. The van der Waals surface area contributed by atoms with Crippen molar-refractivity contribution in [3.63, 3.8) is 0 Å². The molecule has 3 aromatic rings. The van der Waals surface area contributed by atoms with Gasteiger partial charge in [0.15, 0.2) is 0 Å². The fraction of sp³-hybridized carbons (Fsp3) is 0.0625. The molecule has 0 bridgehead atoms. The van der Waals surface area contributed by atoms with Gasteiger partial charge in [0.2, 0.25) is 5.78 Å². The van der Waals surface area contributed by atoms with Crippen LogP contribution >= 0.6 is 11.3 Å². The van der Waals surface area contributed by atoms with E-state index in [0.717, 1.165) is 23.0 Å². The van der Waals surface area contributed by atoms with Gasteiger partial charge in [0.25, 0.3) is 5.56 Å². The van der Waals surface area contributed by atoms with Crippen molar-refractivity contribution in [2.24, 2.45) is 0 Å². The SMILES string of the molecule is Cc1ccc(C(=O)c2sc3[nH]c(=O)c(C(=O)[O-])cc3c2N)cc1. The Bertz CT molecular complexity index is 999. The predicted molar refractivity (Wildman–Crippen MR) is 85.8 cm³/mol. The van der Waals surface area contributed by atoms with Crippen LogP contribution in [-0.2, 0) is 0 Å². The van der Waals surface area contributed by atoms with Gasteiger partial charge < -0.3 is 20.6 Å². The van der Waals surface area contributed by atoms with Crippen LogP contribution in [0.4, 0.5) is 5.69 Å². The van der Waals surface area contributed by atoms with Crippen molar-refractivity contribution in [2.75, 3.05) is 5.73 Å². The van der Waals surface area contributed by atoms with Gasteiger partial charge >= 0.3 is 0 Å². The molecule has 6 nitrogen and oxygen atoms in total. The summed E-state index contributed by atoms with van der Waals surface area (Å²) in [6.07, 6.45) is 0. The summed E-state index contributed by atoms with van der Waals surface area (Å²) < 4.78 is 0. The molecule has 0 saturated heterocycles. The number of aromatic carboxylic acids is 1. The number of aromatic amines is 1. The maximum Gasteiger partial charge on any atom is 0.258 e. The quantitative estimate of drug-likeness (QED) is 0.698. The fourth-order valence-corrected chi connectivity index (χ4v) is 3.29. The number of thiophene rings is 1. The third kappa shape index (κ3) is 2.51. The summed E-state index contributed by atoms with van der Waals surface area (Å²) in [5, 5.41) is 11.3. The van der Waals surface area contributed by atoms with E-state index in [0.29, 0.717) is 15.8 Å². The number of nitrogens with one attached hydrogen (secondary N) is 1. The van der Waals surface area contributed by atoms with Gasteiger partial charge in [0.1, 0.15) is 9.71 Å². The third-order valence-corrected chi connectivity index (χ3v) is 4.62. The molecule has 3 N–H and O–H groups in total. The summed E-state index contributed by atoms with van der Waals surface area (Å²) in [4.78, 5) is 38.2. The molecule has 0 amide bonds. The molecule has 2 heterocycles. The van der Waals surface area contributed by atoms with E-state index in [1.165, 1.54) is 0 Å². The number of hydrogen-bond acceptors (Lipinski definition) is 6. The molecule has 1 aromatic carbocycles. The summed E-state index contributed by atoms with van der Waals surface area (Å²) in [6, 6.07) is 8.15. The van der Waals surface area contributed by atoms with E-state index < -0.39 is 17.1 Å². The number of carboxylic acid groups (broad SMARTS) is 1. The number of aryl methyl sites for hydroxylation is 1. The number of nitrogen functional groups attached to an aromatic ring is 1. The summed E-state index contributed by atoms with van der Waals surface area (Å²) >= 11 is 1.02. The van der Waals surface area contributed by atoms with Gasteiger partial charge in [-0.3, -0.25) is 9.59 Å². The molecule has 2 aromatic heterocycles. The van der Waals surface area contributed by atoms with Crippen molar-refractivity contribution in [1.82, 2.24) is 4.98 Å². The number of ketones is 1. The first-order chi connectivity index (χ1) is 10.9. The van der Waals surface area contributed by atoms with Gasteiger partial charge in [0, 0.05) is 10.9 Å². The largest absolute Gasteiger partial charge is 0.545 e. The van der Waals surface area contributed by atoms with Crippen molar-refractivity contribution in [1.29, 1.82) is 0 Å². The molecule has 0 saturated carbocycles. The van der Waals surface area contributed by atoms with Crippen LogP contribution in [0, 0.1) is 6.92 Å². The number of carboxylic acids is 1. The average molecular weight is 327 g/mol. The third-order valence-electron chi connectivity index (χ3n) is 3.48. The van der Waals surface area contributed by atoms with Crippen molar-refractivity contribution >= 4 is 39.0 Å². The minimum atomic E-state index is -1.59. The second kappa shape index (κ2) is 5.36.